The lowest BCUT2D eigenvalue weighted by Gasteiger charge is -2.07. The molecule has 0 fully saturated rings. The highest BCUT2D eigenvalue weighted by Gasteiger charge is 2.10. The van der Waals surface area contributed by atoms with Crippen LogP contribution in [0.25, 0.3) is 0 Å². The zero-order valence-electron chi connectivity index (χ0n) is 6.81. The van der Waals surface area contributed by atoms with Crippen LogP contribution >= 0.6 is 11.6 Å². The predicted molar refractivity (Wildman–Crippen MR) is 44.6 cm³/mol. The number of nitrogens with zero attached hydrogens (tertiary/aromatic N) is 1. The van der Waals surface area contributed by atoms with Crippen LogP contribution in [0.1, 0.15) is 17.0 Å². The number of hydrogen-bond donors (Lipinski definition) is 0. The predicted octanol–water partition coefficient (Wildman–Crippen LogP) is 1.90. The number of aryl methyl sites for hydroxylation is 1. The lowest BCUT2D eigenvalue weighted by atomic mass is 10.2. The first-order valence-corrected chi connectivity index (χ1v) is 3.77. The largest absolute Gasteiger partial charge is 0.618 e. The summed E-state index contributed by atoms with van der Waals surface area (Å²) in [6.45, 7) is 5.35. The van der Waals surface area contributed by atoms with Crippen LogP contribution in [-0.4, -0.2) is 0 Å². The molecule has 0 saturated carbocycles. The quantitative estimate of drug-likeness (QED) is 0.433. The highest BCUT2D eigenvalue weighted by atomic mass is 35.5. The molecule has 3 heteroatoms. The molecular weight excluding hydrogens is 162 g/mol. The Balaban J connectivity index is 3.46. The van der Waals surface area contributed by atoms with E-state index in [9.17, 15) is 5.21 Å². The summed E-state index contributed by atoms with van der Waals surface area (Å²) in [5, 5.41) is 11.9. The van der Waals surface area contributed by atoms with Gasteiger partial charge in [-0.3, -0.25) is 0 Å². The SMILES string of the molecule is Cc1c(Cl)cc(C)[n+]([O-])c1C. The van der Waals surface area contributed by atoms with E-state index in [1.54, 1.807) is 19.9 Å². The molecule has 0 saturated heterocycles. The molecule has 0 N–H and O–H groups in total. The van der Waals surface area contributed by atoms with Gasteiger partial charge in [0.15, 0.2) is 11.4 Å². The van der Waals surface area contributed by atoms with Gasteiger partial charge in [0.1, 0.15) is 0 Å². The maximum absolute atomic E-state index is 11.2. The van der Waals surface area contributed by atoms with Crippen molar-refractivity contribution in [2.24, 2.45) is 0 Å². The summed E-state index contributed by atoms with van der Waals surface area (Å²) in [6, 6.07) is 1.68. The lowest BCUT2D eigenvalue weighted by Crippen LogP contribution is -2.34. The van der Waals surface area contributed by atoms with Crippen LogP contribution in [0, 0.1) is 26.0 Å². The van der Waals surface area contributed by atoms with Gasteiger partial charge in [0.25, 0.3) is 0 Å². The van der Waals surface area contributed by atoms with Crippen LogP contribution in [0.5, 0.6) is 0 Å². The number of pyridine rings is 1. The van der Waals surface area contributed by atoms with Crippen molar-refractivity contribution in [3.05, 3.63) is 33.2 Å². The maximum Gasteiger partial charge on any atom is 0.194 e. The van der Waals surface area contributed by atoms with Gasteiger partial charge < -0.3 is 5.21 Å². The third-order valence-corrected chi connectivity index (χ3v) is 2.25. The van der Waals surface area contributed by atoms with Crippen LogP contribution < -0.4 is 4.73 Å². The molecule has 1 aromatic rings. The van der Waals surface area contributed by atoms with E-state index in [1.807, 2.05) is 6.92 Å². The molecule has 1 aromatic heterocycles. The fraction of sp³-hybridized carbons (Fsp3) is 0.375. The molecule has 0 aliphatic rings. The summed E-state index contributed by atoms with van der Waals surface area (Å²) in [5.74, 6) is 0. The Labute approximate surface area is 71.0 Å². The molecule has 0 amide bonds. The van der Waals surface area contributed by atoms with Crippen molar-refractivity contribution in [3.63, 3.8) is 0 Å². The summed E-state index contributed by atoms with van der Waals surface area (Å²) in [7, 11) is 0. The molecule has 0 unspecified atom stereocenters. The van der Waals surface area contributed by atoms with E-state index in [0.717, 1.165) is 10.3 Å². The van der Waals surface area contributed by atoms with Gasteiger partial charge in [0.05, 0.1) is 5.02 Å². The van der Waals surface area contributed by atoms with Crippen molar-refractivity contribution in [2.45, 2.75) is 20.8 Å². The van der Waals surface area contributed by atoms with E-state index in [2.05, 4.69) is 0 Å². The Hall–Kier alpha value is -0.760. The Kier molecular flexibility index (Phi) is 2.05. The molecular formula is C8H10ClNO. The minimum absolute atomic E-state index is 0.637. The third-order valence-electron chi connectivity index (χ3n) is 1.86. The minimum Gasteiger partial charge on any atom is -0.618 e. The number of aromatic nitrogens is 1. The molecule has 1 rings (SSSR count). The molecule has 0 aliphatic heterocycles. The van der Waals surface area contributed by atoms with Gasteiger partial charge in [-0.1, -0.05) is 11.6 Å². The average molecular weight is 172 g/mol. The van der Waals surface area contributed by atoms with Crippen molar-refractivity contribution < 1.29 is 4.73 Å². The van der Waals surface area contributed by atoms with E-state index in [4.69, 9.17) is 11.6 Å². The van der Waals surface area contributed by atoms with E-state index in [0.29, 0.717) is 16.4 Å². The Morgan fingerprint density at radius 3 is 2.45 bits per heavy atom. The van der Waals surface area contributed by atoms with Crippen molar-refractivity contribution in [1.82, 2.24) is 0 Å². The van der Waals surface area contributed by atoms with E-state index >= 15 is 0 Å². The molecule has 0 aliphatic carbocycles. The second-order valence-electron chi connectivity index (χ2n) is 2.64. The van der Waals surface area contributed by atoms with Crippen molar-refractivity contribution in [1.29, 1.82) is 0 Å². The first-order chi connectivity index (χ1) is 5.04. The molecule has 2 nitrogen and oxygen atoms in total. The number of hydrogen-bond acceptors (Lipinski definition) is 1. The Morgan fingerprint density at radius 1 is 1.36 bits per heavy atom. The molecule has 0 aromatic carbocycles. The molecule has 0 bridgehead atoms. The van der Waals surface area contributed by atoms with Crippen LogP contribution in [0.15, 0.2) is 6.07 Å². The van der Waals surface area contributed by atoms with Crippen molar-refractivity contribution in [2.75, 3.05) is 0 Å². The first-order valence-electron chi connectivity index (χ1n) is 3.40. The molecule has 11 heavy (non-hydrogen) atoms. The molecule has 1 heterocycles. The fourth-order valence-corrected chi connectivity index (χ4v) is 1.23. The van der Waals surface area contributed by atoms with Gasteiger partial charge in [-0.05, 0) is 6.92 Å². The monoisotopic (exact) mass is 171 g/mol. The van der Waals surface area contributed by atoms with Gasteiger partial charge in [0.2, 0.25) is 0 Å². The molecule has 0 radical (unpaired) electrons. The van der Waals surface area contributed by atoms with Crippen LogP contribution in [-0.2, 0) is 0 Å². The van der Waals surface area contributed by atoms with Crippen LogP contribution in [0.2, 0.25) is 5.02 Å². The first kappa shape index (κ1) is 8.34. The smallest absolute Gasteiger partial charge is 0.194 e. The van der Waals surface area contributed by atoms with Gasteiger partial charge in [-0.2, -0.15) is 4.73 Å². The maximum atomic E-state index is 11.2. The highest BCUT2D eigenvalue weighted by Crippen LogP contribution is 2.16. The number of halogens is 1. The zero-order chi connectivity index (χ0) is 8.59. The van der Waals surface area contributed by atoms with Gasteiger partial charge in [0, 0.05) is 25.5 Å². The standard InChI is InChI=1S/C8H10ClNO/c1-5-4-8(9)6(2)7(3)10(5)11/h4H,1-3H3. The van der Waals surface area contributed by atoms with E-state index < -0.39 is 0 Å². The Bertz CT molecular complexity index is 270. The molecule has 60 valence electrons. The molecule has 0 atom stereocenters. The normalized spacial score (nSPS) is 10.2. The molecule has 0 spiro atoms. The number of rotatable bonds is 0. The second kappa shape index (κ2) is 2.70. The van der Waals surface area contributed by atoms with Gasteiger partial charge in [-0.25, -0.2) is 0 Å². The van der Waals surface area contributed by atoms with Crippen molar-refractivity contribution in [3.8, 4) is 0 Å². The van der Waals surface area contributed by atoms with Crippen molar-refractivity contribution >= 4 is 11.6 Å². The lowest BCUT2D eigenvalue weighted by molar-refractivity contribution is -0.619. The summed E-state index contributed by atoms with van der Waals surface area (Å²) in [6.07, 6.45) is 0. The summed E-state index contributed by atoms with van der Waals surface area (Å²) in [5.41, 5.74) is 2.17. The highest BCUT2D eigenvalue weighted by molar-refractivity contribution is 6.31. The van der Waals surface area contributed by atoms with Gasteiger partial charge >= 0.3 is 0 Å². The summed E-state index contributed by atoms with van der Waals surface area (Å²) < 4.78 is 0.890. The fourth-order valence-electron chi connectivity index (χ4n) is 0.940. The van der Waals surface area contributed by atoms with Crippen LogP contribution in [0.3, 0.4) is 0 Å². The topological polar surface area (TPSA) is 26.9 Å². The van der Waals surface area contributed by atoms with E-state index in [-0.39, 0.29) is 0 Å². The van der Waals surface area contributed by atoms with Crippen LogP contribution in [0.4, 0.5) is 0 Å². The third kappa shape index (κ3) is 1.31. The summed E-state index contributed by atoms with van der Waals surface area (Å²) >= 11 is 5.84. The van der Waals surface area contributed by atoms with Gasteiger partial charge in [-0.15, -0.1) is 0 Å². The average Bonchev–Trinajstić information content (AvgIpc) is 1.97. The van der Waals surface area contributed by atoms with E-state index in [1.165, 1.54) is 0 Å². The second-order valence-corrected chi connectivity index (χ2v) is 3.05. The Morgan fingerprint density at radius 2 is 1.91 bits per heavy atom. The minimum atomic E-state index is 0.637. The zero-order valence-corrected chi connectivity index (χ0v) is 7.57. The summed E-state index contributed by atoms with van der Waals surface area (Å²) in [4.78, 5) is 0.